The van der Waals surface area contributed by atoms with Gasteiger partial charge in [-0.15, -0.1) is 13.2 Å². The molecule has 1 aliphatic rings. The lowest BCUT2D eigenvalue weighted by Gasteiger charge is -2.44. The zero-order valence-electron chi connectivity index (χ0n) is 20.8. The zero-order valence-corrected chi connectivity index (χ0v) is 21.6. The highest BCUT2D eigenvalue weighted by Gasteiger charge is 2.49. The monoisotopic (exact) mass is 548 g/mol. The molecular weight excluding hydrogens is 520 g/mol. The van der Waals surface area contributed by atoms with Crippen molar-refractivity contribution >= 4 is 42.0 Å². The van der Waals surface area contributed by atoms with Gasteiger partial charge in [0.2, 0.25) is 0 Å². The summed E-state index contributed by atoms with van der Waals surface area (Å²) in [7, 11) is 1.41. The maximum Gasteiger partial charge on any atom is 0.573 e. The maximum atomic E-state index is 14.3. The molecular formula is C24H29ClF4N4O4. The van der Waals surface area contributed by atoms with E-state index in [0.29, 0.717) is 19.6 Å². The Kier molecular flexibility index (Phi) is 9.84. The summed E-state index contributed by atoms with van der Waals surface area (Å²) < 4.78 is 61.6. The molecule has 0 saturated carbocycles. The first-order valence-electron chi connectivity index (χ1n) is 11.1. The third-order valence-electron chi connectivity index (χ3n) is 5.96. The lowest BCUT2D eigenvalue weighted by Crippen LogP contribution is -2.65. The molecule has 0 radical (unpaired) electrons. The van der Waals surface area contributed by atoms with Gasteiger partial charge in [0.1, 0.15) is 5.75 Å². The third-order valence-corrected chi connectivity index (χ3v) is 6.15. The molecule has 0 unspecified atom stereocenters. The minimum atomic E-state index is -4.95. The van der Waals surface area contributed by atoms with Gasteiger partial charge in [-0.05, 0) is 44.3 Å². The molecule has 204 valence electrons. The molecule has 1 aliphatic heterocycles. The molecule has 0 bridgehead atoms. The van der Waals surface area contributed by atoms with Crippen LogP contribution in [-0.2, 0) is 14.3 Å². The fourth-order valence-corrected chi connectivity index (χ4v) is 4.08. The van der Waals surface area contributed by atoms with Gasteiger partial charge < -0.3 is 14.8 Å². The van der Waals surface area contributed by atoms with E-state index in [9.17, 15) is 27.2 Å². The Morgan fingerprint density at radius 2 is 1.95 bits per heavy atom. The van der Waals surface area contributed by atoms with E-state index in [-0.39, 0.29) is 17.3 Å². The van der Waals surface area contributed by atoms with Gasteiger partial charge in [0.05, 0.1) is 6.61 Å². The summed E-state index contributed by atoms with van der Waals surface area (Å²) in [5.74, 6) is -2.65. The van der Waals surface area contributed by atoms with Crippen molar-refractivity contribution in [1.29, 1.82) is 0 Å². The van der Waals surface area contributed by atoms with Crippen LogP contribution < -0.4 is 15.0 Å². The molecule has 0 aliphatic carbocycles. The molecule has 1 aromatic rings. The highest BCUT2D eigenvalue weighted by atomic mass is 35.5. The molecule has 1 saturated heterocycles. The summed E-state index contributed by atoms with van der Waals surface area (Å²) in [5, 5.41) is 2.92. The molecule has 1 aromatic carbocycles. The van der Waals surface area contributed by atoms with Crippen LogP contribution in [0.25, 0.3) is 0 Å². The quantitative estimate of drug-likeness (QED) is 0.281. The van der Waals surface area contributed by atoms with Crippen LogP contribution in [0.2, 0.25) is 0 Å². The molecule has 2 amide bonds. The van der Waals surface area contributed by atoms with E-state index in [1.807, 2.05) is 13.8 Å². The second-order valence-electron chi connectivity index (χ2n) is 9.10. The minimum Gasteiger partial charge on any atom is -0.406 e. The first-order valence-corrected chi connectivity index (χ1v) is 11.6. The maximum absolute atomic E-state index is 14.3. The number of anilines is 1. The average Bonchev–Trinajstić information content (AvgIpc) is 2.80. The predicted octanol–water partition coefficient (Wildman–Crippen LogP) is 4.43. The molecule has 0 spiro atoms. The summed E-state index contributed by atoms with van der Waals surface area (Å²) >= 11 is 5.53. The Morgan fingerprint density at radius 3 is 2.43 bits per heavy atom. The number of amides is 2. The van der Waals surface area contributed by atoms with E-state index >= 15 is 0 Å². The number of alkyl halides is 5. The highest BCUT2D eigenvalue weighted by molar-refractivity contribution is 6.32. The number of carbonyl (C=O) groups is 2. The Hall–Kier alpha value is -2.99. The highest BCUT2D eigenvalue weighted by Crippen LogP contribution is 2.35. The minimum absolute atomic E-state index is 0.0358. The second kappa shape index (κ2) is 12.0. The molecule has 37 heavy (non-hydrogen) atoms. The number of carbonyl (C=O) groups excluding carboxylic acids is 2. The standard InChI is InChI=1S/C24H29ClF4N4O4/c1-22(2)14-36-11-10-18(22)32-21(35)23(3,15(12-30-4)13-31-5)33(20(34)19(25)26)16-6-8-17(9-7-16)37-24(27,28)29/h6-9,12-13,18-19H,4,10-11,14H2,1-3,5H3,(H,32,35)/b15-12+,31-13-/t18-,19-,23+/m0/s1. The SMILES string of the molecule is C=N/C=C(\C=N/C)[C@](C)(C(=O)N[C@H]1CCOCC1(C)C)N(C(=O)[C@H](F)Cl)c1ccc(OC(F)(F)F)cc1. The van der Waals surface area contributed by atoms with Gasteiger partial charge in [0, 0.05) is 48.8 Å². The molecule has 1 N–H and O–H groups in total. The van der Waals surface area contributed by atoms with Gasteiger partial charge in [0.15, 0.2) is 5.54 Å². The molecule has 1 heterocycles. The lowest BCUT2D eigenvalue weighted by atomic mass is 9.80. The first-order chi connectivity index (χ1) is 17.2. The van der Waals surface area contributed by atoms with Crippen LogP contribution in [0.5, 0.6) is 5.75 Å². The summed E-state index contributed by atoms with van der Waals surface area (Å²) in [6.07, 6.45) is -2.07. The Labute approximate surface area is 217 Å². The lowest BCUT2D eigenvalue weighted by molar-refractivity contribution is -0.274. The van der Waals surface area contributed by atoms with Gasteiger partial charge in [-0.25, -0.2) is 4.39 Å². The summed E-state index contributed by atoms with van der Waals surface area (Å²) in [4.78, 5) is 35.5. The van der Waals surface area contributed by atoms with Gasteiger partial charge in [-0.3, -0.25) is 24.5 Å². The van der Waals surface area contributed by atoms with E-state index in [1.54, 1.807) is 0 Å². The van der Waals surface area contributed by atoms with Crippen molar-refractivity contribution in [3.05, 3.63) is 36.0 Å². The number of halogens is 5. The van der Waals surface area contributed by atoms with Gasteiger partial charge in [0.25, 0.3) is 17.4 Å². The number of aliphatic imine (C=N–C) groups is 2. The predicted molar refractivity (Wildman–Crippen MR) is 133 cm³/mol. The number of benzene rings is 1. The van der Waals surface area contributed by atoms with Crippen LogP contribution in [0, 0.1) is 5.41 Å². The summed E-state index contributed by atoms with van der Waals surface area (Å²) in [6, 6.07) is 3.61. The number of nitrogens with one attached hydrogen (secondary N) is 1. The van der Waals surface area contributed by atoms with Crippen molar-refractivity contribution < 1.29 is 36.6 Å². The summed E-state index contributed by atoms with van der Waals surface area (Å²) in [5.41, 5.74) is -5.18. The molecule has 13 heteroatoms. The molecule has 1 fully saturated rings. The van der Waals surface area contributed by atoms with E-state index in [4.69, 9.17) is 16.3 Å². The molecule has 3 atom stereocenters. The number of nitrogens with zero attached hydrogens (tertiary/aromatic N) is 3. The normalized spacial score (nSPS) is 20.6. The second-order valence-corrected chi connectivity index (χ2v) is 9.48. The van der Waals surface area contributed by atoms with Crippen LogP contribution in [0.3, 0.4) is 0 Å². The van der Waals surface area contributed by atoms with Crippen LogP contribution in [0.15, 0.2) is 46.0 Å². The molecule has 0 aromatic heterocycles. The number of hydrogen-bond donors (Lipinski definition) is 1. The Morgan fingerprint density at radius 1 is 1.32 bits per heavy atom. The van der Waals surface area contributed by atoms with Gasteiger partial charge in [-0.1, -0.05) is 25.4 Å². The van der Waals surface area contributed by atoms with Crippen LogP contribution >= 0.6 is 11.6 Å². The van der Waals surface area contributed by atoms with Crippen LogP contribution in [0.1, 0.15) is 27.2 Å². The number of ether oxygens (including phenoxy) is 2. The van der Waals surface area contributed by atoms with E-state index < -0.39 is 40.5 Å². The molecule has 2 rings (SSSR count). The fourth-order valence-electron chi connectivity index (χ4n) is 3.98. The van der Waals surface area contributed by atoms with Gasteiger partial charge in [-0.2, -0.15) is 0 Å². The van der Waals surface area contributed by atoms with Gasteiger partial charge >= 0.3 is 6.36 Å². The Balaban J connectivity index is 2.69. The topological polar surface area (TPSA) is 92.6 Å². The number of rotatable bonds is 9. The van der Waals surface area contributed by atoms with Crippen molar-refractivity contribution in [2.45, 2.75) is 50.8 Å². The average molecular weight is 549 g/mol. The van der Waals surface area contributed by atoms with Crippen molar-refractivity contribution in [3.63, 3.8) is 0 Å². The first kappa shape index (κ1) is 30.2. The molecule has 8 nitrogen and oxygen atoms in total. The fraction of sp³-hybridized carbons (Fsp3) is 0.500. The van der Waals surface area contributed by atoms with E-state index in [2.05, 4.69) is 26.8 Å². The zero-order chi connectivity index (χ0) is 28.0. The summed E-state index contributed by atoms with van der Waals surface area (Å²) in [6.45, 7) is 9.24. The van der Waals surface area contributed by atoms with Crippen LogP contribution in [0.4, 0.5) is 23.2 Å². The largest absolute Gasteiger partial charge is 0.573 e. The van der Waals surface area contributed by atoms with Crippen LogP contribution in [-0.4, -0.2) is 68.6 Å². The van der Waals surface area contributed by atoms with E-state index in [1.165, 1.54) is 26.4 Å². The van der Waals surface area contributed by atoms with Crippen molar-refractivity contribution in [3.8, 4) is 5.75 Å². The van der Waals surface area contributed by atoms with Crippen molar-refractivity contribution in [1.82, 2.24) is 5.32 Å². The van der Waals surface area contributed by atoms with Crippen molar-refractivity contribution in [2.24, 2.45) is 15.4 Å². The number of hydrogen-bond acceptors (Lipinski definition) is 6. The third kappa shape index (κ3) is 7.29. The van der Waals surface area contributed by atoms with E-state index in [0.717, 1.165) is 29.2 Å². The Bertz CT molecular complexity index is 1040. The van der Waals surface area contributed by atoms with Crippen molar-refractivity contribution in [2.75, 3.05) is 25.2 Å². The smallest absolute Gasteiger partial charge is 0.406 e.